The summed E-state index contributed by atoms with van der Waals surface area (Å²) in [5, 5.41) is 5.81. The zero-order valence-electron chi connectivity index (χ0n) is 11.2. The van der Waals surface area contributed by atoms with Crippen molar-refractivity contribution < 1.29 is 0 Å². The maximum Gasteiger partial charge on any atom is 0.115 e. The Kier molecular flexibility index (Phi) is 4.32. The van der Waals surface area contributed by atoms with Crippen molar-refractivity contribution in [3.63, 3.8) is 0 Å². The first-order valence-electron chi connectivity index (χ1n) is 6.86. The van der Waals surface area contributed by atoms with E-state index >= 15 is 0 Å². The molecule has 0 spiro atoms. The van der Waals surface area contributed by atoms with Gasteiger partial charge in [-0.2, -0.15) is 0 Å². The van der Waals surface area contributed by atoms with Crippen LogP contribution in [0.25, 0.3) is 0 Å². The molecular weight excluding hydrogens is 311 g/mol. The molecule has 0 saturated heterocycles. The summed E-state index contributed by atoms with van der Waals surface area (Å²) in [5.74, 6) is 0. The summed E-state index contributed by atoms with van der Waals surface area (Å²) in [6.07, 6.45) is 3.53. The fraction of sp³-hybridized carbons (Fsp3) is 0.400. The quantitative estimate of drug-likeness (QED) is 0.885. The number of hydrogen-bond donors (Lipinski definition) is 1. The summed E-state index contributed by atoms with van der Waals surface area (Å²) >= 11 is 14.0. The summed E-state index contributed by atoms with van der Waals surface area (Å²) in [5.41, 5.74) is 2.40. The van der Waals surface area contributed by atoms with Crippen LogP contribution in [-0.4, -0.2) is 11.5 Å². The predicted molar refractivity (Wildman–Crippen MR) is 86.1 cm³/mol. The van der Waals surface area contributed by atoms with Crippen molar-refractivity contribution in [2.45, 2.75) is 32.2 Å². The summed E-state index contributed by atoms with van der Waals surface area (Å²) in [7, 11) is 0. The van der Waals surface area contributed by atoms with Gasteiger partial charge in [0.05, 0.1) is 21.8 Å². The molecule has 3 rings (SSSR count). The molecule has 1 aliphatic carbocycles. The van der Waals surface area contributed by atoms with E-state index in [1.165, 1.54) is 23.4 Å². The van der Waals surface area contributed by atoms with Gasteiger partial charge < -0.3 is 5.32 Å². The molecule has 1 heterocycles. The molecule has 1 aliphatic rings. The fourth-order valence-corrected chi connectivity index (χ4v) is 4.14. The van der Waals surface area contributed by atoms with Crippen LogP contribution in [0.1, 0.15) is 40.5 Å². The number of thiazole rings is 1. The Balaban J connectivity index is 1.96. The second-order valence-corrected chi connectivity index (χ2v) is 6.87. The van der Waals surface area contributed by atoms with Crippen molar-refractivity contribution in [3.8, 4) is 0 Å². The average molecular weight is 327 g/mol. The predicted octanol–water partition coefficient (Wildman–Crippen LogP) is 4.64. The molecule has 0 radical (unpaired) electrons. The first-order valence-corrected chi connectivity index (χ1v) is 8.43. The van der Waals surface area contributed by atoms with Crippen LogP contribution in [0, 0.1) is 0 Å². The van der Waals surface area contributed by atoms with Crippen LogP contribution in [0.5, 0.6) is 0 Å². The first-order chi connectivity index (χ1) is 9.69. The molecule has 1 aromatic carbocycles. The molecule has 20 heavy (non-hydrogen) atoms. The van der Waals surface area contributed by atoms with E-state index in [-0.39, 0.29) is 6.04 Å². The number of aryl methyl sites for hydroxylation is 2. The molecule has 1 N–H and O–H groups in total. The van der Waals surface area contributed by atoms with Crippen LogP contribution < -0.4 is 5.32 Å². The monoisotopic (exact) mass is 326 g/mol. The highest BCUT2D eigenvalue weighted by molar-refractivity contribution is 7.11. The molecule has 2 aromatic rings. The zero-order valence-corrected chi connectivity index (χ0v) is 13.6. The maximum atomic E-state index is 6.14. The van der Waals surface area contributed by atoms with E-state index in [1.807, 2.05) is 29.5 Å². The zero-order chi connectivity index (χ0) is 14.1. The lowest BCUT2D eigenvalue weighted by Gasteiger charge is -2.16. The molecule has 0 amide bonds. The molecule has 5 heteroatoms. The molecule has 1 unspecified atom stereocenters. The van der Waals surface area contributed by atoms with Crippen molar-refractivity contribution in [1.29, 1.82) is 0 Å². The van der Waals surface area contributed by atoms with Gasteiger partial charge >= 0.3 is 0 Å². The Morgan fingerprint density at radius 2 is 2.15 bits per heavy atom. The largest absolute Gasteiger partial charge is 0.305 e. The SMILES string of the molecule is CCNC(c1ccc(Cl)c(Cl)c1)c1nc2c(s1)CCC2. The standard InChI is InChI=1S/C15H16Cl2N2S/c1-2-18-14(9-6-7-10(16)11(17)8-9)15-19-12-4-3-5-13(12)20-15/h6-8,14,18H,2-5H2,1H3. The van der Waals surface area contributed by atoms with Gasteiger partial charge in [0, 0.05) is 4.88 Å². The summed E-state index contributed by atoms with van der Waals surface area (Å²) in [6, 6.07) is 5.91. The number of nitrogens with zero attached hydrogens (tertiary/aromatic N) is 1. The third-order valence-electron chi connectivity index (χ3n) is 3.54. The van der Waals surface area contributed by atoms with E-state index in [2.05, 4.69) is 12.2 Å². The number of benzene rings is 1. The van der Waals surface area contributed by atoms with Crippen molar-refractivity contribution in [3.05, 3.63) is 49.4 Å². The van der Waals surface area contributed by atoms with Gasteiger partial charge in [0.2, 0.25) is 0 Å². The molecule has 106 valence electrons. The van der Waals surface area contributed by atoms with E-state index in [4.69, 9.17) is 28.2 Å². The highest BCUT2D eigenvalue weighted by Crippen LogP contribution is 2.34. The Labute approximate surface area is 133 Å². The van der Waals surface area contributed by atoms with Crippen LogP contribution in [0.3, 0.4) is 0 Å². The summed E-state index contributed by atoms with van der Waals surface area (Å²) in [4.78, 5) is 6.27. The Hall–Kier alpha value is -0.610. The van der Waals surface area contributed by atoms with Crippen LogP contribution in [-0.2, 0) is 12.8 Å². The molecule has 0 bridgehead atoms. The molecule has 2 nitrogen and oxygen atoms in total. The van der Waals surface area contributed by atoms with Crippen LogP contribution in [0.2, 0.25) is 10.0 Å². The van der Waals surface area contributed by atoms with Crippen molar-refractivity contribution in [2.24, 2.45) is 0 Å². The highest BCUT2D eigenvalue weighted by Gasteiger charge is 2.23. The molecule has 1 atom stereocenters. The molecule has 1 aromatic heterocycles. The minimum absolute atomic E-state index is 0.102. The van der Waals surface area contributed by atoms with Crippen LogP contribution in [0.15, 0.2) is 18.2 Å². The lowest BCUT2D eigenvalue weighted by atomic mass is 10.1. The molecule has 0 aliphatic heterocycles. The van der Waals surface area contributed by atoms with Crippen molar-refractivity contribution in [2.75, 3.05) is 6.54 Å². The lowest BCUT2D eigenvalue weighted by molar-refractivity contribution is 0.625. The van der Waals surface area contributed by atoms with E-state index in [0.717, 1.165) is 23.5 Å². The molecule has 0 fully saturated rings. The van der Waals surface area contributed by atoms with Gasteiger partial charge in [-0.15, -0.1) is 11.3 Å². The third kappa shape index (κ3) is 2.73. The van der Waals surface area contributed by atoms with Gasteiger partial charge in [0.1, 0.15) is 5.01 Å². The third-order valence-corrected chi connectivity index (χ3v) is 5.51. The molecular formula is C15H16Cl2N2S. The Morgan fingerprint density at radius 3 is 2.85 bits per heavy atom. The average Bonchev–Trinajstić information content (AvgIpc) is 3.00. The number of halogens is 2. The maximum absolute atomic E-state index is 6.14. The Morgan fingerprint density at radius 1 is 1.30 bits per heavy atom. The normalized spacial score (nSPS) is 15.3. The van der Waals surface area contributed by atoms with Gasteiger partial charge in [-0.1, -0.05) is 36.2 Å². The number of nitrogens with one attached hydrogen (secondary N) is 1. The smallest absolute Gasteiger partial charge is 0.115 e. The fourth-order valence-electron chi connectivity index (χ4n) is 2.58. The van der Waals surface area contributed by atoms with Gasteiger partial charge in [0.25, 0.3) is 0 Å². The van der Waals surface area contributed by atoms with E-state index in [9.17, 15) is 0 Å². The lowest BCUT2D eigenvalue weighted by Crippen LogP contribution is -2.22. The molecule has 0 saturated carbocycles. The second kappa shape index (κ2) is 6.02. The second-order valence-electron chi connectivity index (χ2n) is 4.94. The van der Waals surface area contributed by atoms with Crippen molar-refractivity contribution >= 4 is 34.5 Å². The number of rotatable bonds is 4. The van der Waals surface area contributed by atoms with E-state index < -0.39 is 0 Å². The van der Waals surface area contributed by atoms with Crippen LogP contribution in [0.4, 0.5) is 0 Å². The minimum Gasteiger partial charge on any atom is -0.305 e. The number of aromatic nitrogens is 1. The summed E-state index contributed by atoms with van der Waals surface area (Å²) in [6.45, 7) is 2.99. The van der Waals surface area contributed by atoms with Gasteiger partial charge in [-0.3, -0.25) is 0 Å². The summed E-state index contributed by atoms with van der Waals surface area (Å²) < 4.78 is 0. The topological polar surface area (TPSA) is 24.9 Å². The van der Waals surface area contributed by atoms with Gasteiger partial charge in [-0.05, 0) is 43.5 Å². The highest BCUT2D eigenvalue weighted by atomic mass is 35.5. The van der Waals surface area contributed by atoms with Gasteiger partial charge in [0.15, 0.2) is 0 Å². The van der Waals surface area contributed by atoms with Crippen molar-refractivity contribution in [1.82, 2.24) is 10.3 Å². The van der Waals surface area contributed by atoms with E-state index in [0.29, 0.717) is 10.0 Å². The van der Waals surface area contributed by atoms with Gasteiger partial charge in [-0.25, -0.2) is 4.98 Å². The Bertz CT molecular complexity index is 603. The number of fused-ring (bicyclic) bond motifs is 1. The van der Waals surface area contributed by atoms with Crippen LogP contribution >= 0.6 is 34.5 Å². The number of hydrogen-bond acceptors (Lipinski definition) is 3. The first kappa shape index (κ1) is 14.3. The van der Waals surface area contributed by atoms with E-state index in [1.54, 1.807) is 0 Å². The minimum atomic E-state index is 0.102.